The van der Waals surface area contributed by atoms with Crippen molar-refractivity contribution >= 4 is 18.3 Å². The normalized spacial score (nSPS) is 15.0. The van der Waals surface area contributed by atoms with Crippen LogP contribution in [0.1, 0.15) is 63.2 Å². The van der Waals surface area contributed by atoms with Crippen molar-refractivity contribution in [2.45, 2.75) is 59.4 Å². The van der Waals surface area contributed by atoms with Crippen LogP contribution in [0.4, 0.5) is 0 Å². The second kappa shape index (κ2) is 10.2. The lowest BCUT2D eigenvalue weighted by molar-refractivity contribution is 0.0642. The van der Waals surface area contributed by atoms with Crippen LogP contribution >= 0.6 is 12.4 Å². The third kappa shape index (κ3) is 6.28. The van der Waals surface area contributed by atoms with Gasteiger partial charge in [-0.05, 0) is 49.9 Å². The molecule has 2 aromatic rings. The lowest BCUT2D eigenvalue weighted by Crippen LogP contribution is -2.46. The Morgan fingerprint density at radius 2 is 2.00 bits per heavy atom. The fourth-order valence-corrected chi connectivity index (χ4v) is 3.66. The minimum Gasteiger partial charge on any atom is -0.339 e. The first-order chi connectivity index (χ1) is 13.4. The van der Waals surface area contributed by atoms with E-state index in [1.807, 2.05) is 29.2 Å². The minimum atomic E-state index is 0. The summed E-state index contributed by atoms with van der Waals surface area (Å²) in [6.07, 6.45) is 3.69. The Hall–Kier alpha value is -1.92. The number of piperidine rings is 1. The lowest BCUT2D eigenvalue weighted by Gasteiger charge is -2.34. The molecule has 0 bridgehead atoms. The maximum absolute atomic E-state index is 13.3. The van der Waals surface area contributed by atoms with Gasteiger partial charge in [0.15, 0.2) is 0 Å². The second-order valence-corrected chi connectivity index (χ2v) is 8.81. The van der Waals surface area contributed by atoms with Gasteiger partial charge >= 0.3 is 0 Å². The van der Waals surface area contributed by atoms with Crippen molar-refractivity contribution in [1.29, 1.82) is 0 Å². The molecule has 3 rings (SSSR count). The molecule has 1 fully saturated rings. The maximum atomic E-state index is 13.3. The molecule has 1 saturated heterocycles. The predicted molar refractivity (Wildman–Crippen MR) is 117 cm³/mol. The summed E-state index contributed by atoms with van der Waals surface area (Å²) < 4.78 is 5.41. The van der Waals surface area contributed by atoms with Crippen LogP contribution in [-0.4, -0.2) is 46.6 Å². The summed E-state index contributed by atoms with van der Waals surface area (Å²) in [4.78, 5) is 19.8. The molecule has 1 aliphatic heterocycles. The van der Waals surface area contributed by atoms with E-state index in [9.17, 15) is 4.79 Å². The first-order valence-corrected chi connectivity index (χ1v) is 10.3. The van der Waals surface area contributed by atoms with E-state index in [1.165, 1.54) is 0 Å². The molecule has 1 aromatic heterocycles. The first kappa shape index (κ1) is 23.4. The summed E-state index contributed by atoms with van der Waals surface area (Å²) >= 11 is 0. The van der Waals surface area contributed by atoms with E-state index >= 15 is 0 Å². The summed E-state index contributed by atoms with van der Waals surface area (Å²) in [6, 6.07) is 7.90. The monoisotopic (exact) mass is 420 g/mol. The summed E-state index contributed by atoms with van der Waals surface area (Å²) in [7, 11) is 0. The molecule has 1 amide bonds. The van der Waals surface area contributed by atoms with Crippen LogP contribution in [-0.2, 0) is 6.42 Å². The van der Waals surface area contributed by atoms with Crippen LogP contribution in [0.5, 0.6) is 0 Å². The Morgan fingerprint density at radius 1 is 1.28 bits per heavy atom. The smallest absolute Gasteiger partial charge is 0.254 e. The van der Waals surface area contributed by atoms with Crippen molar-refractivity contribution in [2.75, 3.05) is 19.6 Å². The highest BCUT2D eigenvalue weighted by molar-refractivity contribution is 5.95. The zero-order chi connectivity index (χ0) is 20.1. The van der Waals surface area contributed by atoms with Crippen molar-refractivity contribution in [3.8, 4) is 11.4 Å². The molecule has 29 heavy (non-hydrogen) atoms. The summed E-state index contributed by atoms with van der Waals surface area (Å²) in [5.41, 5.74) is 1.58. The first-order valence-electron chi connectivity index (χ1n) is 10.3. The number of hydrogen-bond donors (Lipinski definition) is 1. The average Bonchev–Trinajstić information content (AvgIpc) is 3.13. The zero-order valence-corrected chi connectivity index (χ0v) is 18.7. The number of rotatable bonds is 6. The van der Waals surface area contributed by atoms with Crippen molar-refractivity contribution in [3.05, 3.63) is 35.7 Å². The largest absolute Gasteiger partial charge is 0.339 e. The molecular formula is C22H33ClN4O2. The molecule has 0 spiro atoms. The number of benzene rings is 1. The van der Waals surface area contributed by atoms with E-state index in [1.54, 1.807) is 0 Å². The molecule has 160 valence electrons. The number of halogens is 1. The molecule has 1 aromatic carbocycles. The van der Waals surface area contributed by atoms with Gasteiger partial charge in [0.05, 0.1) is 0 Å². The fourth-order valence-electron chi connectivity index (χ4n) is 3.66. The number of carbonyl (C=O) groups is 1. The van der Waals surface area contributed by atoms with E-state index in [0.717, 1.165) is 50.9 Å². The zero-order valence-electron chi connectivity index (χ0n) is 17.9. The molecule has 1 aliphatic rings. The van der Waals surface area contributed by atoms with Crippen molar-refractivity contribution in [3.63, 3.8) is 0 Å². The van der Waals surface area contributed by atoms with Gasteiger partial charge in [0.1, 0.15) is 0 Å². The van der Waals surface area contributed by atoms with Gasteiger partial charge in [-0.25, -0.2) is 0 Å². The second-order valence-electron chi connectivity index (χ2n) is 8.81. The van der Waals surface area contributed by atoms with E-state index in [4.69, 9.17) is 4.52 Å². The average molecular weight is 421 g/mol. The lowest BCUT2D eigenvalue weighted by atomic mass is 9.92. The highest BCUT2D eigenvalue weighted by Gasteiger charge is 2.26. The van der Waals surface area contributed by atoms with Crippen LogP contribution in [0.3, 0.4) is 0 Å². The van der Waals surface area contributed by atoms with Crippen LogP contribution in [0.25, 0.3) is 11.4 Å². The standard InChI is InChI=1S/C22H32N4O2.ClH/c1-5-13-26(18-9-11-23-12-10-18)21(27)17-8-6-7-16(14-17)20-24-19(28-25-20)15-22(2,3)4;/h6-8,14,18,23H,5,9-13,15H2,1-4H3;1H. The maximum Gasteiger partial charge on any atom is 0.254 e. The quantitative estimate of drug-likeness (QED) is 0.752. The number of hydrogen-bond acceptors (Lipinski definition) is 5. The van der Waals surface area contributed by atoms with Crippen LogP contribution in [0, 0.1) is 5.41 Å². The van der Waals surface area contributed by atoms with Crippen LogP contribution < -0.4 is 5.32 Å². The number of nitrogens with zero attached hydrogens (tertiary/aromatic N) is 3. The van der Waals surface area contributed by atoms with Gasteiger partial charge in [-0.1, -0.05) is 45.0 Å². The van der Waals surface area contributed by atoms with Crippen molar-refractivity contribution < 1.29 is 9.32 Å². The number of amides is 1. The summed E-state index contributed by atoms with van der Waals surface area (Å²) in [5, 5.41) is 7.50. The van der Waals surface area contributed by atoms with Gasteiger partial charge in [0, 0.05) is 30.1 Å². The number of nitrogens with one attached hydrogen (secondary N) is 1. The predicted octanol–water partition coefficient (Wildman–Crippen LogP) is 4.35. The molecule has 0 radical (unpaired) electrons. The fraction of sp³-hybridized carbons (Fsp3) is 0.591. The third-order valence-corrected chi connectivity index (χ3v) is 4.99. The minimum absolute atomic E-state index is 0. The SMILES string of the molecule is CCCN(C(=O)c1cccc(-c2noc(CC(C)(C)C)n2)c1)C1CCNCC1.Cl. The van der Waals surface area contributed by atoms with Gasteiger partial charge in [-0.2, -0.15) is 4.98 Å². The number of aromatic nitrogens is 2. The van der Waals surface area contributed by atoms with Gasteiger partial charge in [-0.15, -0.1) is 12.4 Å². The van der Waals surface area contributed by atoms with Crippen molar-refractivity contribution in [2.24, 2.45) is 5.41 Å². The highest BCUT2D eigenvalue weighted by atomic mass is 35.5. The number of carbonyl (C=O) groups excluding carboxylic acids is 1. The summed E-state index contributed by atoms with van der Waals surface area (Å²) in [6.45, 7) is 11.3. The molecule has 0 unspecified atom stereocenters. The molecule has 0 atom stereocenters. The summed E-state index contributed by atoms with van der Waals surface area (Å²) in [5.74, 6) is 1.26. The molecule has 7 heteroatoms. The Labute approximate surface area is 179 Å². The van der Waals surface area contributed by atoms with Gasteiger partial charge < -0.3 is 14.7 Å². The third-order valence-electron chi connectivity index (χ3n) is 4.99. The molecule has 1 N–H and O–H groups in total. The van der Waals surface area contributed by atoms with Crippen LogP contribution in [0.2, 0.25) is 0 Å². The van der Waals surface area contributed by atoms with E-state index in [-0.39, 0.29) is 23.7 Å². The van der Waals surface area contributed by atoms with Gasteiger partial charge in [0.2, 0.25) is 11.7 Å². The van der Waals surface area contributed by atoms with E-state index < -0.39 is 0 Å². The Balaban J connectivity index is 0.00000300. The van der Waals surface area contributed by atoms with E-state index in [0.29, 0.717) is 23.3 Å². The topological polar surface area (TPSA) is 71.3 Å². The molecule has 0 aliphatic carbocycles. The molecule has 6 nitrogen and oxygen atoms in total. The molecule has 2 heterocycles. The van der Waals surface area contributed by atoms with Gasteiger partial charge in [0.25, 0.3) is 5.91 Å². The highest BCUT2D eigenvalue weighted by Crippen LogP contribution is 2.24. The van der Waals surface area contributed by atoms with Crippen LogP contribution in [0.15, 0.2) is 28.8 Å². The van der Waals surface area contributed by atoms with Gasteiger partial charge in [-0.3, -0.25) is 4.79 Å². The Morgan fingerprint density at radius 3 is 2.66 bits per heavy atom. The molecular weight excluding hydrogens is 388 g/mol. The van der Waals surface area contributed by atoms with E-state index in [2.05, 4.69) is 43.2 Å². The molecule has 0 saturated carbocycles. The Kier molecular flexibility index (Phi) is 8.23. The Bertz CT molecular complexity index is 794. The van der Waals surface area contributed by atoms with Crippen molar-refractivity contribution in [1.82, 2.24) is 20.4 Å².